The standard InChI is InChI=1S/C11H6Br2N2O4/c12-5-1-2-7(6(13)3-5)14-10(16)8-4-9(11(17)18)19-15-8/h1-4H,(H,14,16)(H,17,18). The Kier molecular flexibility index (Phi) is 4.01. The first kappa shape index (κ1) is 13.8. The second-order valence-electron chi connectivity index (χ2n) is 3.46. The third kappa shape index (κ3) is 3.21. The fraction of sp³-hybridized carbons (Fsp3) is 0. The van der Waals surface area contributed by atoms with Gasteiger partial charge in [0.2, 0.25) is 5.76 Å². The summed E-state index contributed by atoms with van der Waals surface area (Å²) in [6.45, 7) is 0. The predicted molar refractivity (Wildman–Crippen MR) is 73.3 cm³/mol. The maximum absolute atomic E-state index is 11.8. The van der Waals surface area contributed by atoms with Gasteiger partial charge in [-0.2, -0.15) is 0 Å². The molecule has 0 spiro atoms. The van der Waals surface area contributed by atoms with Gasteiger partial charge in [-0.3, -0.25) is 4.79 Å². The van der Waals surface area contributed by atoms with Gasteiger partial charge in [-0.05, 0) is 34.1 Å². The highest BCUT2D eigenvalue weighted by atomic mass is 79.9. The molecule has 1 amide bonds. The molecule has 1 heterocycles. The molecule has 8 heteroatoms. The molecular formula is C11H6Br2N2O4. The number of hydrogen-bond acceptors (Lipinski definition) is 4. The third-order valence-electron chi connectivity index (χ3n) is 2.13. The molecule has 0 saturated heterocycles. The van der Waals surface area contributed by atoms with Crippen molar-refractivity contribution in [3.8, 4) is 0 Å². The fourth-order valence-electron chi connectivity index (χ4n) is 1.26. The van der Waals surface area contributed by atoms with Crippen LogP contribution < -0.4 is 5.32 Å². The second-order valence-corrected chi connectivity index (χ2v) is 5.23. The first-order valence-electron chi connectivity index (χ1n) is 4.94. The van der Waals surface area contributed by atoms with Crippen LogP contribution in [-0.4, -0.2) is 22.1 Å². The summed E-state index contributed by atoms with van der Waals surface area (Å²) in [6.07, 6.45) is 0. The second kappa shape index (κ2) is 5.54. The summed E-state index contributed by atoms with van der Waals surface area (Å²) < 4.78 is 6.04. The van der Waals surface area contributed by atoms with Crippen LogP contribution in [0.1, 0.15) is 21.0 Å². The average molecular weight is 390 g/mol. The molecule has 2 rings (SSSR count). The minimum absolute atomic E-state index is 0.104. The maximum Gasteiger partial charge on any atom is 0.374 e. The molecule has 1 aromatic heterocycles. The van der Waals surface area contributed by atoms with Crippen LogP contribution >= 0.6 is 31.9 Å². The zero-order chi connectivity index (χ0) is 14.0. The Morgan fingerprint density at radius 2 is 2.00 bits per heavy atom. The molecule has 0 aliphatic heterocycles. The molecule has 0 aliphatic carbocycles. The van der Waals surface area contributed by atoms with Gasteiger partial charge < -0.3 is 14.9 Å². The predicted octanol–water partition coefficient (Wildman–Crippen LogP) is 3.15. The zero-order valence-corrected chi connectivity index (χ0v) is 12.4. The number of amides is 1. The number of carbonyl (C=O) groups excluding carboxylic acids is 1. The lowest BCUT2D eigenvalue weighted by molar-refractivity contribution is 0.0651. The van der Waals surface area contributed by atoms with E-state index in [1.165, 1.54) is 0 Å². The van der Waals surface area contributed by atoms with E-state index in [2.05, 4.69) is 46.9 Å². The number of nitrogens with one attached hydrogen (secondary N) is 1. The van der Waals surface area contributed by atoms with Crippen molar-refractivity contribution in [1.82, 2.24) is 5.16 Å². The molecule has 2 N–H and O–H groups in total. The Morgan fingerprint density at radius 1 is 1.26 bits per heavy atom. The number of rotatable bonds is 3. The van der Waals surface area contributed by atoms with Crippen molar-refractivity contribution in [2.24, 2.45) is 0 Å². The lowest BCUT2D eigenvalue weighted by atomic mass is 10.3. The van der Waals surface area contributed by atoms with Crippen LogP contribution in [0, 0.1) is 0 Å². The van der Waals surface area contributed by atoms with Crippen molar-refractivity contribution < 1.29 is 19.2 Å². The smallest absolute Gasteiger partial charge is 0.374 e. The summed E-state index contributed by atoms with van der Waals surface area (Å²) in [5.41, 5.74) is 0.431. The number of aromatic carboxylic acids is 1. The maximum atomic E-state index is 11.8. The fourth-order valence-corrected chi connectivity index (χ4v) is 2.41. The van der Waals surface area contributed by atoms with Crippen LogP contribution in [0.4, 0.5) is 5.69 Å². The Labute approximate surface area is 124 Å². The number of halogens is 2. The molecule has 0 atom stereocenters. The highest BCUT2D eigenvalue weighted by Gasteiger charge is 2.17. The van der Waals surface area contributed by atoms with E-state index in [4.69, 9.17) is 5.11 Å². The van der Waals surface area contributed by atoms with Gasteiger partial charge in [0.15, 0.2) is 5.69 Å². The molecule has 0 bridgehead atoms. The highest BCUT2D eigenvalue weighted by molar-refractivity contribution is 9.11. The van der Waals surface area contributed by atoms with E-state index in [1.807, 2.05) is 0 Å². The van der Waals surface area contributed by atoms with Gasteiger partial charge in [-0.15, -0.1) is 0 Å². The Morgan fingerprint density at radius 3 is 2.58 bits per heavy atom. The number of aromatic nitrogens is 1. The summed E-state index contributed by atoms with van der Waals surface area (Å²) in [4.78, 5) is 22.4. The topological polar surface area (TPSA) is 92.4 Å². The van der Waals surface area contributed by atoms with Crippen LogP contribution in [-0.2, 0) is 0 Å². The van der Waals surface area contributed by atoms with Crippen LogP contribution in [0.2, 0.25) is 0 Å². The van der Waals surface area contributed by atoms with Crippen LogP contribution in [0.5, 0.6) is 0 Å². The van der Waals surface area contributed by atoms with Crippen molar-refractivity contribution in [2.45, 2.75) is 0 Å². The Balaban J connectivity index is 2.18. The summed E-state index contributed by atoms with van der Waals surface area (Å²) in [5, 5.41) is 14.6. The third-order valence-corrected chi connectivity index (χ3v) is 3.28. The molecule has 0 fully saturated rings. The molecule has 0 saturated carbocycles. The van der Waals surface area contributed by atoms with E-state index in [1.54, 1.807) is 18.2 Å². The lowest BCUT2D eigenvalue weighted by Crippen LogP contribution is -2.12. The van der Waals surface area contributed by atoms with Crippen molar-refractivity contribution in [3.63, 3.8) is 0 Å². The van der Waals surface area contributed by atoms with Gasteiger partial charge in [0.05, 0.1) is 5.69 Å². The van der Waals surface area contributed by atoms with E-state index in [0.29, 0.717) is 10.2 Å². The molecule has 19 heavy (non-hydrogen) atoms. The van der Waals surface area contributed by atoms with E-state index in [0.717, 1.165) is 10.5 Å². The average Bonchev–Trinajstić information content (AvgIpc) is 2.82. The molecule has 2 aromatic rings. The number of benzene rings is 1. The zero-order valence-electron chi connectivity index (χ0n) is 9.18. The van der Waals surface area contributed by atoms with Gasteiger partial charge in [-0.1, -0.05) is 21.1 Å². The number of anilines is 1. The Hall–Kier alpha value is -1.67. The van der Waals surface area contributed by atoms with Gasteiger partial charge in [0.1, 0.15) is 0 Å². The van der Waals surface area contributed by atoms with Crippen molar-refractivity contribution in [3.05, 3.63) is 44.7 Å². The van der Waals surface area contributed by atoms with Crippen LogP contribution in [0.15, 0.2) is 37.7 Å². The molecule has 0 unspecified atom stereocenters. The van der Waals surface area contributed by atoms with Gasteiger partial charge in [0.25, 0.3) is 5.91 Å². The number of carboxylic acids is 1. The summed E-state index contributed by atoms with van der Waals surface area (Å²) in [7, 11) is 0. The van der Waals surface area contributed by atoms with Crippen molar-refractivity contribution in [1.29, 1.82) is 0 Å². The SMILES string of the molecule is O=C(Nc1ccc(Br)cc1Br)c1cc(C(=O)O)on1. The number of carbonyl (C=O) groups is 2. The van der Waals surface area contributed by atoms with Gasteiger partial charge in [0, 0.05) is 15.0 Å². The monoisotopic (exact) mass is 388 g/mol. The summed E-state index contributed by atoms with van der Waals surface area (Å²) >= 11 is 6.59. The Bertz CT molecular complexity index is 654. The van der Waals surface area contributed by atoms with E-state index in [-0.39, 0.29) is 11.5 Å². The molecule has 1 aromatic carbocycles. The highest BCUT2D eigenvalue weighted by Crippen LogP contribution is 2.26. The number of carboxylic acid groups (broad SMARTS) is 1. The molecule has 0 aliphatic rings. The summed E-state index contributed by atoms with van der Waals surface area (Å²) in [5.74, 6) is -2.23. The van der Waals surface area contributed by atoms with E-state index >= 15 is 0 Å². The van der Waals surface area contributed by atoms with E-state index < -0.39 is 11.9 Å². The summed E-state index contributed by atoms with van der Waals surface area (Å²) in [6, 6.07) is 6.27. The quantitative estimate of drug-likeness (QED) is 0.841. The first-order chi connectivity index (χ1) is 8.97. The number of nitrogens with zero attached hydrogens (tertiary/aromatic N) is 1. The molecular weight excluding hydrogens is 384 g/mol. The minimum Gasteiger partial charge on any atom is -0.475 e. The lowest BCUT2D eigenvalue weighted by Gasteiger charge is -2.05. The van der Waals surface area contributed by atoms with Crippen LogP contribution in [0.25, 0.3) is 0 Å². The minimum atomic E-state index is -1.28. The normalized spacial score (nSPS) is 10.2. The number of hydrogen-bond donors (Lipinski definition) is 2. The van der Waals surface area contributed by atoms with Crippen molar-refractivity contribution >= 4 is 49.4 Å². The van der Waals surface area contributed by atoms with Gasteiger partial charge in [-0.25, -0.2) is 4.79 Å². The first-order valence-corrected chi connectivity index (χ1v) is 6.52. The molecule has 6 nitrogen and oxygen atoms in total. The molecule has 0 radical (unpaired) electrons. The van der Waals surface area contributed by atoms with Crippen LogP contribution in [0.3, 0.4) is 0 Å². The van der Waals surface area contributed by atoms with E-state index in [9.17, 15) is 9.59 Å². The largest absolute Gasteiger partial charge is 0.475 e. The van der Waals surface area contributed by atoms with Gasteiger partial charge >= 0.3 is 5.97 Å². The van der Waals surface area contributed by atoms with Crippen molar-refractivity contribution in [2.75, 3.05) is 5.32 Å². The molecule has 98 valence electrons.